The first-order chi connectivity index (χ1) is 72.8. The van der Waals surface area contributed by atoms with E-state index in [9.17, 15) is 0 Å². The number of hydrogen-bond acceptors (Lipinski definition) is 15. The lowest BCUT2D eigenvalue weighted by atomic mass is 9.91. The van der Waals surface area contributed by atoms with Gasteiger partial charge in [0.05, 0.1) is 76.9 Å². The molecule has 8 aromatic carbocycles. The summed E-state index contributed by atoms with van der Waals surface area (Å²) in [6.45, 7) is 10.2. The second-order valence-corrected chi connectivity index (χ2v) is 42.4. The molecule has 15 heteroatoms. The Morgan fingerprint density at radius 2 is 0.388 bits per heavy atom. The minimum atomic E-state index is -1.38. The Morgan fingerprint density at radius 1 is 0.211 bits per heavy atom. The van der Waals surface area contributed by atoms with Gasteiger partial charge in [0.25, 0.3) is 0 Å². The fourth-order valence-corrected chi connectivity index (χ4v) is 21.1. The molecule has 14 atom stereocenters. The summed E-state index contributed by atoms with van der Waals surface area (Å²) in [5.41, 5.74) is 7.62. The Kier molecular flexibility index (Phi) is 65.3. The van der Waals surface area contributed by atoms with Crippen molar-refractivity contribution in [1.29, 1.82) is 0 Å². The first-order valence-corrected chi connectivity index (χ1v) is 59.3. The molecule has 2 heterocycles. The van der Waals surface area contributed by atoms with Gasteiger partial charge in [0.1, 0.15) is 62.0 Å². The molecular weight excluding hydrogens is 1830 g/mol. The van der Waals surface area contributed by atoms with E-state index >= 15 is 9.59 Å². The molecule has 0 radical (unpaired) electrons. The third-order valence-electron chi connectivity index (χ3n) is 30.0. The van der Waals surface area contributed by atoms with Crippen molar-refractivity contribution in [3.63, 3.8) is 0 Å². The molecule has 2 aliphatic rings. The highest BCUT2D eigenvalue weighted by molar-refractivity contribution is 5.73. The van der Waals surface area contributed by atoms with Crippen LogP contribution in [0.3, 0.4) is 0 Å². The van der Waals surface area contributed by atoms with Crippen LogP contribution in [0.15, 0.2) is 243 Å². The average Bonchev–Trinajstić information content (AvgIpc) is 0.764. The zero-order valence-corrected chi connectivity index (χ0v) is 91.6. The number of esters is 2. The van der Waals surface area contributed by atoms with Gasteiger partial charge < -0.3 is 61.6 Å². The molecule has 2 saturated heterocycles. The third kappa shape index (κ3) is 51.0. The molecule has 0 N–H and O–H groups in total. The van der Waals surface area contributed by atoms with Crippen molar-refractivity contribution in [2.24, 2.45) is 11.8 Å². The van der Waals surface area contributed by atoms with E-state index in [1.165, 1.54) is 244 Å². The lowest BCUT2D eigenvalue weighted by Crippen LogP contribution is -2.66. The number of ether oxygens (including phenoxy) is 13. The third-order valence-corrected chi connectivity index (χ3v) is 30.0. The SMILES string of the molecule is CCCCCCCCCCCCCCC[C@H](OCc1ccccc1)[C@H](CCCCCCCCCCCCCC)C(=O)OC[C@H]1O[C@H](O[C@H]2O[C@H](COC(=O)[C@@H](CCCCCCCCCCCCCC)[C@H](CCCCCCCCCCCCCCC)OCc3ccccc3)[C@@H](OCc3ccccc3)[C@H](OCc3ccccc3)[C@H]2OCc2ccccc2)[C@H](OCc2ccccc2)[C@@H](OCc2ccccc2)[C@@H]1OCc1ccccc1. The maximum Gasteiger partial charge on any atom is 0.311 e. The standard InChI is InChI=1S/C132H194O15/c1-5-9-13-17-21-25-29-33-37-41-45-49-77-97-119(135-99-109-79-59-51-60-80-109)117(95-75-47-43-39-35-31-27-23-19-15-11-7-3)129(133)143-107-121-123(137-101-111-83-63-53-64-84-111)125(139-103-113-87-67-55-68-88-113)127(141-105-115-91-71-57-72-92-115)131(145-121)147-132-128(142-106-116-93-73-58-74-94-116)126(140-104-114-89-69-56-70-90-114)124(138-102-112-85-65-54-66-86-112)122(146-132)108-144-130(134)118(96-76-48-44-40-36-32-28-24-20-16-12-8-4)120(136-100-110-81-61-52-62-82-110)98-78-50-46-42-38-34-30-26-22-18-14-10-6-2/h51-74,79-94,117-128,131-132H,5-50,75-78,95-108H2,1-4H3/t117-,118-,119-,120-,121+,122+,123+,124+,125-,126-,127+,128+,131+,132+/m0/s1. The van der Waals surface area contributed by atoms with Crippen LogP contribution in [0.2, 0.25) is 0 Å². The predicted molar refractivity (Wildman–Crippen MR) is 599 cm³/mol. The molecule has 812 valence electrons. The summed E-state index contributed by atoms with van der Waals surface area (Å²) in [6, 6.07) is 81.6. The van der Waals surface area contributed by atoms with E-state index in [4.69, 9.17) is 61.6 Å². The zero-order valence-electron chi connectivity index (χ0n) is 91.6. The number of carbonyl (C=O) groups is 2. The zero-order chi connectivity index (χ0) is 103. The second-order valence-electron chi connectivity index (χ2n) is 42.4. The Labute approximate surface area is 890 Å². The molecule has 2 aliphatic heterocycles. The van der Waals surface area contributed by atoms with Crippen LogP contribution in [0.4, 0.5) is 0 Å². The molecule has 8 aromatic rings. The summed E-state index contributed by atoms with van der Waals surface area (Å²) in [5, 5.41) is 0. The number of rotatable bonds is 88. The highest BCUT2D eigenvalue weighted by atomic mass is 16.8. The van der Waals surface area contributed by atoms with Gasteiger partial charge in [0.15, 0.2) is 12.6 Å². The molecule has 0 bridgehead atoms. The van der Waals surface area contributed by atoms with Crippen molar-refractivity contribution < 1.29 is 71.2 Å². The van der Waals surface area contributed by atoms with Crippen LogP contribution in [0.5, 0.6) is 0 Å². The number of carbonyl (C=O) groups excluding carboxylic acids is 2. The molecule has 0 saturated carbocycles. The Hall–Kier alpha value is -7.74. The quantitative estimate of drug-likeness (QED) is 0.0262. The van der Waals surface area contributed by atoms with Crippen molar-refractivity contribution in [3.05, 3.63) is 287 Å². The molecule has 0 amide bonds. The lowest BCUT2D eigenvalue weighted by Gasteiger charge is -2.49. The van der Waals surface area contributed by atoms with Gasteiger partial charge in [-0.05, 0) is 70.2 Å². The molecule has 2 fully saturated rings. The fraction of sp³-hybridized carbons (Fsp3) is 0.621. The fourth-order valence-electron chi connectivity index (χ4n) is 21.1. The van der Waals surface area contributed by atoms with Gasteiger partial charge in [-0.15, -0.1) is 0 Å². The second kappa shape index (κ2) is 79.3. The molecule has 0 unspecified atom stereocenters. The Morgan fingerprint density at radius 3 is 0.599 bits per heavy atom. The van der Waals surface area contributed by atoms with Crippen molar-refractivity contribution in [2.75, 3.05) is 13.2 Å². The number of unbranched alkanes of at least 4 members (excludes halogenated alkanes) is 46. The first kappa shape index (κ1) is 121. The van der Waals surface area contributed by atoms with Crippen LogP contribution < -0.4 is 0 Å². The van der Waals surface area contributed by atoms with Crippen molar-refractivity contribution in [2.45, 2.75) is 501 Å². The van der Waals surface area contributed by atoms with Crippen LogP contribution in [0.1, 0.15) is 419 Å². The maximum atomic E-state index is 16.3. The summed E-state index contributed by atoms with van der Waals surface area (Å²) in [7, 11) is 0. The highest BCUT2D eigenvalue weighted by Gasteiger charge is 2.55. The van der Waals surface area contributed by atoms with Gasteiger partial charge in [-0.1, -0.05) is 591 Å². The number of hydrogen-bond donors (Lipinski definition) is 0. The molecule has 0 spiro atoms. The normalized spacial score (nSPS) is 18.7. The Bertz CT molecular complexity index is 4120. The molecule has 0 aromatic heterocycles. The Balaban J connectivity index is 1.03. The van der Waals surface area contributed by atoms with Crippen molar-refractivity contribution in [3.8, 4) is 0 Å². The van der Waals surface area contributed by atoms with Crippen LogP contribution in [0, 0.1) is 11.8 Å². The van der Waals surface area contributed by atoms with Gasteiger partial charge in [0, 0.05) is 0 Å². The summed E-state index contributed by atoms with van der Waals surface area (Å²) < 4.78 is 96.8. The minimum absolute atomic E-state index is 0.113. The van der Waals surface area contributed by atoms with E-state index < -0.39 is 85.5 Å². The lowest BCUT2D eigenvalue weighted by molar-refractivity contribution is -0.394. The molecule has 15 nitrogen and oxygen atoms in total. The van der Waals surface area contributed by atoms with E-state index in [0.717, 1.165) is 122 Å². The average molecular weight is 2020 g/mol. The van der Waals surface area contributed by atoms with E-state index in [1.807, 2.05) is 146 Å². The van der Waals surface area contributed by atoms with E-state index in [2.05, 4.69) is 125 Å². The molecule has 147 heavy (non-hydrogen) atoms. The minimum Gasteiger partial charge on any atom is -0.463 e. The van der Waals surface area contributed by atoms with Gasteiger partial charge in [-0.2, -0.15) is 0 Å². The predicted octanol–water partition coefficient (Wildman–Crippen LogP) is 34.6. The van der Waals surface area contributed by atoms with Crippen LogP contribution in [-0.4, -0.2) is 98.8 Å². The summed E-state index contributed by atoms with van der Waals surface area (Å²) in [5.74, 6) is -1.89. The van der Waals surface area contributed by atoms with E-state index in [0.29, 0.717) is 38.9 Å². The molecular formula is C132H194O15. The highest BCUT2D eigenvalue weighted by Crippen LogP contribution is 2.40. The van der Waals surface area contributed by atoms with Gasteiger partial charge in [-0.3, -0.25) is 9.59 Å². The summed E-state index contributed by atoms with van der Waals surface area (Å²) in [6.07, 6.45) is 51.9. The summed E-state index contributed by atoms with van der Waals surface area (Å²) >= 11 is 0. The van der Waals surface area contributed by atoms with Gasteiger partial charge in [-0.25, -0.2) is 0 Å². The first-order valence-electron chi connectivity index (χ1n) is 59.3. The number of benzene rings is 8. The summed E-state index contributed by atoms with van der Waals surface area (Å²) in [4.78, 5) is 32.7. The van der Waals surface area contributed by atoms with Gasteiger partial charge in [0.2, 0.25) is 0 Å². The van der Waals surface area contributed by atoms with Gasteiger partial charge >= 0.3 is 11.9 Å². The smallest absolute Gasteiger partial charge is 0.311 e. The van der Waals surface area contributed by atoms with Crippen molar-refractivity contribution in [1.82, 2.24) is 0 Å². The van der Waals surface area contributed by atoms with E-state index in [-0.39, 0.29) is 64.8 Å². The maximum absolute atomic E-state index is 16.3. The topological polar surface area (TPSA) is 154 Å². The monoisotopic (exact) mass is 2020 g/mol. The van der Waals surface area contributed by atoms with Crippen LogP contribution in [0.25, 0.3) is 0 Å². The largest absolute Gasteiger partial charge is 0.463 e. The van der Waals surface area contributed by atoms with Crippen LogP contribution in [-0.2, 0) is 124 Å². The van der Waals surface area contributed by atoms with Crippen LogP contribution >= 0.6 is 0 Å². The molecule has 10 rings (SSSR count). The molecule has 0 aliphatic carbocycles. The van der Waals surface area contributed by atoms with Crippen molar-refractivity contribution >= 4 is 11.9 Å². The van der Waals surface area contributed by atoms with E-state index in [1.54, 1.807) is 0 Å².